The second kappa shape index (κ2) is 4.72. The summed E-state index contributed by atoms with van der Waals surface area (Å²) in [6, 6.07) is 1.44. The van der Waals surface area contributed by atoms with Crippen LogP contribution in [0.5, 0.6) is 0 Å². The van der Waals surface area contributed by atoms with Gasteiger partial charge in [0.2, 0.25) is 0 Å². The van der Waals surface area contributed by atoms with Crippen LogP contribution >= 0.6 is 0 Å². The van der Waals surface area contributed by atoms with Crippen molar-refractivity contribution in [3.63, 3.8) is 0 Å². The van der Waals surface area contributed by atoms with Gasteiger partial charge in [0.05, 0.1) is 6.20 Å². The molecule has 1 aromatic heterocycles. The summed E-state index contributed by atoms with van der Waals surface area (Å²) >= 11 is 0. The average molecular weight is 195 g/mol. The van der Waals surface area contributed by atoms with Gasteiger partial charge in [-0.3, -0.25) is 0 Å². The molecule has 0 saturated heterocycles. The first kappa shape index (κ1) is 10.7. The topological polar surface area (TPSA) is 64.9 Å². The molecule has 1 aromatic rings. The molecule has 0 radical (unpaired) electrons. The third-order valence-corrected chi connectivity index (χ3v) is 1.72. The Morgan fingerprint density at radius 3 is 3.00 bits per heavy atom. The van der Waals surface area contributed by atoms with Crippen molar-refractivity contribution >= 4 is 11.9 Å². The third kappa shape index (κ3) is 3.14. The molecule has 0 aliphatic heterocycles. The summed E-state index contributed by atoms with van der Waals surface area (Å²) in [6.07, 6.45) is 5.42. The molecule has 4 N–H and O–H groups in total. The first-order chi connectivity index (χ1) is 6.59. The second-order valence-electron chi connectivity index (χ2n) is 3.24. The number of rotatable bonds is 3. The molecule has 1 heterocycles. The molecule has 4 heteroatoms. The van der Waals surface area contributed by atoms with Crippen LogP contribution in [0.15, 0.2) is 18.3 Å². The maximum atomic E-state index is 12.8. The summed E-state index contributed by atoms with van der Waals surface area (Å²) in [5.41, 5.74) is 11.7. The number of hydrogen-bond donors (Lipinski definition) is 2. The summed E-state index contributed by atoms with van der Waals surface area (Å²) in [5.74, 6) is -0.0630. The minimum absolute atomic E-state index is 0.0917. The van der Waals surface area contributed by atoms with Crippen LogP contribution in [0.2, 0.25) is 0 Å². The largest absolute Gasteiger partial charge is 0.383 e. The SMILES string of the molecule is C[C@H](N)C/C=C/c1cc(F)cnc1N. The average Bonchev–Trinajstić information content (AvgIpc) is 2.10. The van der Waals surface area contributed by atoms with Crippen LogP contribution in [0.4, 0.5) is 10.2 Å². The summed E-state index contributed by atoms with van der Waals surface area (Å²) in [5, 5.41) is 0. The lowest BCUT2D eigenvalue weighted by Crippen LogP contribution is -2.12. The van der Waals surface area contributed by atoms with E-state index in [0.29, 0.717) is 11.4 Å². The number of nitrogens with two attached hydrogens (primary N) is 2. The normalized spacial score (nSPS) is 13.4. The molecule has 0 bridgehead atoms. The van der Waals surface area contributed by atoms with Crippen LogP contribution < -0.4 is 11.5 Å². The molecule has 0 aromatic carbocycles. The molecule has 0 spiro atoms. The van der Waals surface area contributed by atoms with E-state index in [1.54, 1.807) is 6.08 Å². The predicted octanol–water partition coefficient (Wildman–Crippen LogP) is 1.55. The van der Waals surface area contributed by atoms with Gasteiger partial charge in [0, 0.05) is 11.6 Å². The van der Waals surface area contributed by atoms with Crippen molar-refractivity contribution in [2.24, 2.45) is 5.73 Å². The first-order valence-corrected chi connectivity index (χ1v) is 4.42. The summed E-state index contributed by atoms with van der Waals surface area (Å²) in [4.78, 5) is 3.70. The third-order valence-electron chi connectivity index (χ3n) is 1.72. The van der Waals surface area contributed by atoms with Gasteiger partial charge in [0.1, 0.15) is 11.6 Å². The van der Waals surface area contributed by atoms with Crippen molar-refractivity contribution in [2.45, 2.75) is 19.4 Å². The Hall–Kier alpha value is -1.42. The summed E-state index contributed by atoms with van der Waals surface area (Å²) in [6.45, 7) is 1.90. The predicted molar refractivity (Wildman–Crippen MR) is 55.9 cm³/mol. The van der Waals surface area contributed by atoms with Gasteiger partial charge in [-0.2, -0.15) is 0 Å². The minimum atomic E-state index is -0.389. The van der Waals surface area contributed by atoms with Gasteiger partial charge in [0.25, 0.3) is 0 Å². The van der Waals surface area contributed by atoms with E-state index in [2.05, 4.69) is 4.98 Å². The quantitative estimate of drug-likeness (QED) is 0.769. The molecule has 0 saturated carbocycles. The number of aromatic nitrogens is 1. The number of nitrogen functional groups attached to an aromatic ring is 1. The fraction of sp³-hybridized carbons (Fsp3) is 0.300. The molecule has 76 valence electrons. The molecule has 0 unspecified atom stereocenters. The summed E-state index contributed by atoms with van der Waals surface area (Å²) in [7, 11) is 0. The van der Waals surface area contributed by atoms with Gasteiger partial charge in [0.15, 0.2) is 0 Å². The molecule has 1 rings (SSSR count). The Morgan fingerprint density at radius 2 is 2.36 bits per heavy atom. The Kier molecular flexibility index (Phi) is 3.59. The minimum Gasteiger partial charge on any atom is -0.383 e. The lowest BCUT2D eigenvalue weighted by atomic mass is 10.2. The van der Waals surface area contributed by atoms with Crippen molar-refractivity contribution in [3.05, 3.63) is 29.7 Å². The molecular weight excluding hydrogens is 181 g/mol. The number of hydrogen-bond acceptors (Lipinski definition) is 3. The molecule has 3 nitrogen and oxygen atoms in total. The van der Waals surface area contributed by atoms with E-state index >= 15 is 0 Å². The molecule has 0 aliphatic carbocycles. The zero-order chi connectivity index (χ0) is 10.6. The fourth-order valence-corrected chi connectivity index (χ4v) is 1.01. The highest BCUT2D eigenvalue weighted by atomic mass is 19.1. The molecular formula is C10H14FN3. The van der Waals surface area contributed by atoms with E-state index in [1.165, 1.54) is 6.07 Å². The molecule has 1 atom stereocenters. The number of anilines is 1. The van der Waals surface area contributed by atoms with Gasteiger partial charge >= 0.3 is 0 Å². The lowest BCUT2D eigenvalue weighted by molar-refractivity contribution is 0.621. The van der Waals surface area contributed by atoms with Crippen LogP contribution in [0.1, 0.15) is 18.9 Å². The molecule has 0 amide bonds. The highest BCUT2D eigenvalue weighted by Gasteiger charge is 1.98. The van der Waals surface area contributed by atoms with E-state index in [0.717, 1.165) is 12.6 Å². The van der Waals surface area contributed by atoms with Crippen LogP contribution in [0.25, 0.3) is 6.08 Å². The second-order valence-corrected chi connectivity index (χ2v) is 3.24. The van der Waals surface area contributed by atoms with Crippen LogP contribution in [-0.4, -0.2) is 11.0 Å². The van der Waals surface area contributed by atoms with E-state index < -0.39 is 0 Å². The molecule has 14 heavy (non-hydrogen) atoms. The number of nitrogens with zero attached hydrogens (tertiary/aromatic N) is 1. The Bertz CT molecular complexity index is 334. The first-order valence-electron chi connectivity index (χ1n) is 4.42. The van der Waals surface area contributed by atoms with Crippen LogP contribution in [0, 0.1) is 5.82 Å². The Labute approximate surface area is 82.6 Å². The highest BCUT2D eigenvalue weighted by Crippen LogP contribution is 2.12. The van der Waals surface area contributed by atoms with E-state index in [1.807, 2.05) is 13.0 Å². The maximum Gasteiger partial charge on any atom is 0.142 e. The van der Waals surface area contributed by atoms with Crippen molar-refractivity contribution in [1.29, 1.82) is 0 Å². The van der Waals surface area contributed by atoms with Crippen molar-refractivity contribution in [2.75, 3.05) is 5.73 Å². The van der Waals surface area contributed by atoms with Crippen molar-refractivity contribution < 1.29 is 4.39 Å². The Morgan fingerprint density at radius 1 is 1.64 bits per heavy atom. The zero-order valence-corrected chi connectivity index (χ0v) is 8.07. The van der Waals surface area contributed by atoms with E-state index in [9.17, 15) is 4.39 Å². The smallest absolute Gasteiger partial charge is 0.142 e. The van der Waals surface area contributed by atoms with Crippen LogP contribution in [-0.2, 0) is 0 Å². The maximum absolute atomic E-state index is 12.8. The van der Waals surface area contributed by atoms with Gasteiger partial charge in [-0.05, 0) is 19.4 Å². The zero-order valence-electron chi connectivity index (χ0n) is 8.07. The highest BCUT2D eigenvalue weighted by molar-refractivity contribution is 5.60. The monoisotopic (exact) mass is 195 g/mol. The van der Waals surface area contributed by atoms with Gasteiger partial charge in [-0.25, -0.2) is 9.37 Å². The molecule has 0 aliphatic rings. The lowest BCUT2D eigenvalue weighted by Gasteiger charge is -2.00. The van der Waals surface area contributed by atoms with Gasteiger partial charge < -0.3 is 11.5 Å². The van der Waals surface area contributed by atoms with E-state index in [-0.39, 0.29) is 11.9 Å². The van der Waals surface area contributed by atoms with Crippen molar-refractivity contribution in [1.82, 2.24) is 4.98 Å². The molecule has 0 fully saturated rings. The van der Waals surface area contributed by atoms with E-state index in [4.69, 9.17) is 11.5 Å². The van der Waals surface area contributed by atoms with Crippen LogP contribution in [0.3, 0.4) is 0 Å². The summed E-state index contributed by atoms with van der Waals surface area (Å²) < 4.78 is 12.8. The van der Waals surface area contributed by atoms with Gasteiger partial charge in [-0.15, -0.1) is 0 Å². The number of pyridine rings is 1. The number of halogens is 1. The van der Waals surface area contributed by atoms with Gasteiger partial charge in [-0.1, -0.05) is 12.2 Å². The Balaban J connectivity index is 2.75. The fourth-order valence-electron chi connectivity index (χ4n) is 1.01. The standard InChI is InChI=1S/C10H14FN3/c1-7(12)3-2-4-8-5-9(11)6-14-10(8)13/h2,4-7H,3,12H2,1H3,(H2,13,14)/b4-2+/t7-/m0/s1. The van der Waals surface area contributed by atoms with Crippen molar-refractivity contribution in [3.8, 4) is 0 Å².